The zero-order valence-electron chi connectivity index (χ0n) is 19.1. The van der Waals surface area contributed by atoms with Crippen molar-refractivity contribution in [3.8, 4) is 0 Å². The highest BCUT2D eigenvalue weighted by Gasteiger charge is 2.50. The average Bonchev–Trinajstić information content (AvgIpc) is 3.43. The molecule has 9 heteroatoms. The molecule has 1 atom stereocenters. The third-order valence-electron chi connectivity index (χ3n) is 7.68. The van der Waals surface area contributed by atoms with Gasteiger partial charge in [0.2, 0.25) is 0 Å². The second-order valence-electron chi connectivity index (χ2n) is 10.6. The lowest BCUT2D eigenvalue weighted by Crippen LogP contribution is -2.38. The number of H-pyrrole nitrogens is 1. The molecule has 3 heterocycles. The van der Waals surface area contributed by atoms with Crippen LogP contribution in [0.4, 0.5) is 19.0 Å². The molecule has 0 radical (unpaired) electrons. The number of carbonyl (C=O) groups excluding carboxylic acids is 1. The van der Waals surface area contributed by atoms with E-state index in [1.165, 1.54) is 6.20 Å². The Morgan fingerprint density at radius 3 is 2.58 bits per heavy atom. The van der Waals surface area contributed by atoms with Gasteiger partial charge in [-0.05, 0) is 55.9 Å². The van der Waals surface area contributed by atoms with Gasteiger partial charge in [-0.25, -0.2) is 4.98 Å². The lowest BCUT2D eigenvalue weighted by Gasteiger charge is -2.34. The van der Waals surface area contributed by atoms with Gasteiger partial charge < -0.3 is 15.0 Å². The normalized spacial score (nSPS) is 21.0. The van der Waals surface area contributed by atoms with Gasteiger partial charge in [0.05, 0.1) is 22.1 Å². The summed E-state index contributed by atoms with van der Waals surface area (Å²) >= 11 is 0. The van der Waals surface area contributed by atoms with E-state index in [9.17, 15) is 18.0 Å². The Kier molecular flexibility index (Phi) is 4.87. The maximum atomic E-state index is 13.7. The summed E-state index contributed by atoms with van der Waals surface area (Å²) in [4.78, 5) is 19.1. The molecule has 5 nitrogen and oxygen atoms in total. The number of anilines is 1. The molecule has 5 rings (SSSR count). The van der Waals surface area contributed by atoms with E-state index in [2.05, 4.69) is 43.0 Å². The van der Waals surface area contributed by atoms with Crippen molar-refractivity contribution in [3.05, 3.63) is 30.0 Å². The molecule has 0 amide bonds. The average molecular weight is 457 g/mol. The highest BCUT2D eigenvalue weighted by Crippen LogP contribution is 2.46. The van der Waals surface area contributed by atoms with Gasteiger partial charge in [-0.2, -0.15) is 13.2 Å². The maximum Gasteiger partial charge on any atom is 0.408 e. The number of benzene rings is 1. The highest BCUT2D eigenvalue weighted by atomic mass is 19.4. The molecular weight excluding hydrogens is 430 g/mol. The molecule has 2 fully saturated rings. The number of pyridine rings is 1. The number of alkyl halides is 3. The van der Waals surface area contributed by atoms with Crippen molar-refractivity contribution in [2.75, 3.05) is 5.32 Å². The van der Waals surface area contributed by atoms with E-state index in [1.54, 1.807) is 0 Å². The van der Waals surface area contributed by atoms with Gasteiger partial charge in [-0.1, -0.05) is 26.0 Å². The van der Waals surface area contributed by atoms with E-state index < -0.39 is 18.1 Å². The van der Waals surface area contributed by atoms with E-state index >= 15 is 0 Å². The summed E-state index contributed by atoms with van der Waals surface area (Å²) in [5.74, 6) is -0.307. The molecule has 3 aromatic rings. The zero-order chi connectivity index (χ0) is 23.8. The molecular formula is C24H27BF3N3O2. The van der Waals surface area contributed by atoms with Crippen molar-refractivity contribution >= 4 is 46.3 Å². The van der Waals surface area contributed by atoms with Crippen molar-refractivity contribution in [3.63, 3.8) is 0 Å². The standard InChI is InChI=1S/C24H27BF3N3O2/c1-22(2)12-25(33-23(22,3)4)15-7-8-16-17(9-15)30-19-14(11-32)10-29-21(18(16)19)31-20(13-5-6-13)24(26,27)28/h7-11,13,20,30H,5-6,12H2,1-4H3,(H,29,31). The van der Waals surface area contributed by atoms with Crippen LogP contribution in [-0.2, 0) is 4.65 Å². The van der Waals surface area contributed by atoms with Crippen LogP contribution in [0.2, 0.25) is 6.32 Å². The summed E-state index contributed by atoms with van der Waals surface area (Å²) in [5.41, 5.74) is 2.24. The minimum atomic E-state index is -4.38. The second kappa shape index (κ2) is 7.22. The number of hydrogen-bond donors (Lipinski definition) is 2. The number of hydrogen-bond acceptors (Lipinski definition) is 4. The summed E-state index contributed by atoms with van der Waals surface area (Å²) in [7, 11) is 0. The second-order valence-corrected chi connectivity index (χ2v) is 10.6. The molecule has 0 spiro atoms. The Balaban J connectivity index is 1.60. The first-order valence-corrected chi connectivity index (χ1v) is 11.3. The SMILES string of the molecule is CC1(C)CB(c2ccc3c(c2)[nH]c2c(C=O)cnc(NC(C4CC4)C(F)(F)F)c23)OC1(C)C. The first-order valence-electron chi connectivity index (χ1n) is 11.3. The van der Waals surface area contributed by atoms with E-state index in [1.807, 2.05) is 18.2 Å². The monoisotopic (exact) mass is 457 g/mol. The fourth-order valence-corrected chi connectivity index (χ4v) is 4.84. The van der Waals surface area contributed by atoms with E-state index in [0.29, 0.717) is 35.6 Å². The third-order valence-corrected chi connectivity index (χ3v) is 7.68. The Bertz CT molecular complexity index is 1230. The first-order chi connectivity index (χ1) is 15.4. The van der Waals surface area contributed by atoms with Crippen LogP contribution in [0.15, 0.2) is 24.4 Å². The van der Waals surface area contributed by atoms with Gasteiger partial charge in [0.15, 0.2) is 6.29 Å². The summed E-state index contributed by atoms with van der Waals surface area (Å²) in [5, 5.41) is 3.87. The Hall–Kier alpha value is -2.55. The third kappa shape index (κ3) is 3.70. The van der Waals surface area contributed by atoms with Crippen molar-refractivity contribution in [2.24, 2.45) is 11.3 Å². The molecule has 0 bridgehead atoms. The van der Waals surface area contributed by atoms with Crippen LogP contribution >= 0.6 is 0 Å². The number of rotatable bonds is 5. The molecule has 2 aliphatic rings. The summed E-state index contributed by atoms with van der Waals surface area (Å²) in [6, 6.07) is 4.15. The summed E-state index contributed by atoms with van der Waals surface area (Å²) in [6.07, 6.45) is -0.455. The van der Waals surface area contributed by atoms with Gasteiger partial charge in [0.25, 0.3) is 0 Å². The molecule has 1 aromatic carbocycles. The van der Waals surface area contributed by atoms with Gasteiger partial charge in [0, 0.05) is 17.1 Å². The van der Waals surface area contributed by atoms with Crippen LogP contribution in [-0.4, -0.2) is 41.0 Å². The zero-order valence-corrected chi connectivity index (χ0v) is 19.1. The summed E-state index contributed by atoms with van der Waals surface area (Å²) in [6.45, 7) is 8.46. The fraction of sp³-hybridized carbons (Fsp3) is 0.500. The quantitative estimate of drug-likeness (QED) is 0.402. The topological polar surface area (TPSA) is 67.0 Å². The minimum absolute atomic E-state index is 0.00577. The van der Waals surface area contributed by atoms with Crippen LogP contribution in [0.3, 0.4) is 0 Å². The number of nitrogens with zero attached hydrogens (tertiary/aromatic N) is 1. The van der Waals surface area contributed by atoms with E-state index in [-0.39, 0.29) is 23.7 Å². The molecule has 1 aliphatic heterocycles. The molecule has 2 aromatic heterocycles. The predicted octanol–water partition coefficient (Wildman–Crippen LogP) is 5.31. The van der Waals surface area contributed by atoms with E-state index in [4.69, 9.17) is 4.65 Å². The van der Waals surface area contributed by atoms with Crippen molar-refractivity contribution in [1.29, 1.82) is 0 Å². The van der Waals surface area contributed by atoms with E-state index in [0.717, 1.165) is 22.7 Å². The number of aromatic nitrogens is 2. The van der Waals surface area contributed by atoms with Crippen molar-refractivity contribution < 1.29 is 22.6 Å². The minimum Gasteiger partial charge on any atom is -0.426 e. The number of halogens is 3. The molecule has 174 valence electrons. The van der Waals surface area contributed by atoms with Gasteiger partial charge in [0.1, 0.15) is 11.9 Å². The highest BCUT2D eigenvalue weighted by molar-refractivity contribution is 6.68. The molecule has 1 saturated carbocycles. The first kappa shape index (κ1) is 22.3. The van der Waals surface area contributed by atoms with Crippen LogP contribution in [0.5, 0.6) is 0 Å². The molecule has 1 unspecified atom stereocenters. The molecule has 1 saturated heterocycles. The van der Waals surface area contributed by atoms with Gasteiger partial charge in [-0.3, -0.25) is 4.79 Å². The number of aromatic amines is 1. The molecule has 1 aliphatic carbocycles. The van der Waals surface area contributed by atoms with Crippen LogP contribution in [0.25, 0.3) is 21.8 Å². The lowest BCUT2D eigenvalue weighted by molar-refractivity contribution is -0.146. The van der Waals surface area contributed by atoms with Gasteiger partial charge in [-0.15, -0.1) is 0 Å². The number of aldehydes is 1. The fourth-order valence-electron chi connectivity index (χ4n) is 4.84. The van der Waals surface area contributed by atoms with Crippen molar-refractivity contribution in [1.82, 2.24) is 9.97 Å². The largest absolute Gasteiger partial charge is 0.426 e. The number of fused-ring (bicyclic) bond motifs is 3. The Morgan fingerprint density at radius 2 is 2.00 bits per heavy atom. The number of carbonyl (C=O) groups is 1. The predicted molar refractivity (Wildman–Crippen MR) is 124 cm³/mol. The molecule has 2 N–H and O–H groups in total. The Morgan fingerprint density at radius 1 is 1.27 bits per heavy atom. The van der Waals surface area contributed by atoms with Crippen LogP contribution in [0.1, 0.15) is 50.9 Å². The van der Waals surface area contributed by atoms with Crippen LogP contribution < -0.4 is 10.8 Å². The summed E-state index contributed by atoms with van der Waals surface area (Å²) < 4.78 is 47.3. The van der Waals surface area contributed by atoms with Crippen LogP contribution in [0, 0.1) is 11.3 Å². The maximum absolute atomic E-state index is 13.7. The van der Waals surface area contributed by atoms with Gasteiger partial charge >= 0.3 is 13.1 Å². The smallest absolute Gasteiger partial charge is 0.408 e. The Labute approximate surface area is 190 Å². The lowest BCUT2D eigenvalue weighted by atomic mass is 9.54. The molecule has 33 heavy (non-hydrogen) atoms. The van der Waals surface area contributed by atoms with Crippen molar-refractivity contribution in [2.45, 2.75) is 64.7 Å². The number of nitrogens with one attached hydrogen (secondary N) is 2.